The second-order valence-corrected chi connectivity index (χ2v) is 8.30. The monoisotopic (exact) mass is 352 g/mol. The molecule has 24 heavy (non-hydrogen) atoms. The summed E-state index contributed by atoms with van der Waals surface area (Å²) in [7, 11) is -3.46. The van der Waals surface area contributed by atoms with E-state index in [0.717, 1.165) is 31.2 Å². The van der Waals surface area contributed by atoms with Gasteiger partial charge in [-0.1, -0.05) is 25.0 Å². The molecule has 132 valence electrons. The fourth-order valence-electron chi connectivity index (χ4n) is 3.24. The second kappa shape index (κ2) is 7.63. The van der Waals surface area contributed by atoms with Gasteiger partial charge in [0, 0.05) is 25.6 Å². The van der Waals surface area contributed by atoms with Crippen LogP contribution in [-0.4, -0.2) is 44.9 Å². The molecule has 1 aliphatic heterocycles. The zero-order chi connectivity index (χ0) is 17.0. The third kappa shape index (κ3) is 3.96. The lowest BCUT2D eigenvalue weighted by atomic mass is 10.1. The van der Waals surface area contributed by atoms with Gasteiger partial charge in [-0.05, 0) is 30.5 Å². The zero-order valence-corrected chi connectivity index (χ0v) is 14.6. The highest BCUT2D eigenvalue weighted by atomic mass is 32.2. The van der Waals surface area contributed by atoms with Gasteiger partial charge in [0.15, 0.2) is 0 Å². The number of rotatable bonds is 5. The minimum Gasteiger partial charge on any atom is -0.379 e. The highest BCUT2D eigenvalue weighted by molar-refractivity contribution is 7.89. The van der Waals surface area contributed by atoms with E-state index in [1.807, 2.05) is 0 Å². The van der Waals surface area contributed by atoms with Crippen molar-refractivity contribution in [2.75, 3.05) is 26.3 Å². The molecule has 7 heteroatoms. The number of nitrogens with zero attached hydrogens (tertiary/aromatic N) is 1. The van der Waals surface area contributed by atoms with Gasteiger partial charge in [0.2, 0.25) is 15.9 Å². The Hall–Kier alpha value is -1.44. The fraction of sp³-hybridized carbons (Fsp3) is 0.588. The Morgan fingerprint density at radius 1 is 1.12 bits per heavy atom. The number of hydrogen-bond acceptors (Lipinski definition) is 4. The van der Waals surface area contributed by atoms with Crippen molar-refractivity contribution >= 4 is 15.9 Å². The first-order valence-electron chi connectivity index (χ1n) is 8.52. The first kappa shape index (κ1) is 17.4. The Balaban J connectivity index is 1.59. The number of ether oxygens (including phenoxy) is 1. The number of morpholine rings is 1. The Morgan fingerprint density at radius 3 is 2.38 bits per heavy atom. The first-order valence-corrected chi connectivity index (χ1v) is 9.96. The van der Waals surface area contributed by atoms with E-state index in [-0.39, 0.29) is 16.7 Å². The van der Waals surface area contributed by atoms with Gasteiger partial charge >= 0.3 is 0 Å². The summed E-state index contributed by atoms with van der Waals surface area (Å²) in [5, 5.41) is 2.95. The SMILES string of the molecule is O=C(NCc1ccc(S(=O)(=O)N2CCOCC2)cc1)C1CCCC1. The molecule has 1 aromatic carbocycles. The van der Waals surface area contributed by atoms with E-state index in [0.29, 0.717) is 32.8 Å². The average Bonchev–Trinajstić information content (AvgIpc) is 3.15. The van der Waals surface area contributed by atoms with E-state index in [2.05, 4.69) is 5.32 Å². The molecule has 0 aromatic heterocycles. The summed E-state index contributed by atoms with van der Waals surface area (Å²) in [6, 6.07) is 6.76. The zero-order valence-electron chi connectivity index (χ0n) is 13.7. The lowest BCUT2D eigenvalue weighted by molar-refractivity contribution is -0.124. The van der Waals surface area contributed by atoms with Gasteiger partial charge in [0.25, 0.3) is 0 Å². The van der Waals surface area contributed by atoms with Crippen LogP contribution in [-0.2, 0) is 26.1 Å². The molecule has 2 fully saturated rings. The molecule has 1 saturated carbocycles. The summed E-state index contributed by atoms with van der Waals surface area (Å²) in [6.45, 7) is 2.09. The summed E-state index contributed by atoms with van der Waals surface area (Å²) in [6.07, 6.45) is 4.21. The Labute approximate surface area is 143 Å². The normalized spacial score (nSPS) is 20.2. The lowest BCUT2D eigenvalue weighted by Crippen LogP contribution is -2.40. The van der Waals surface area contributed by atoms with Gasteiger partial charge in [-0.3, -0.25) is 4.79 Å². The summed E-state index contributed by atoms with van der Waals surface area (Å²) in [5.41, 5.74) is 0.905. The number of nitrogens with one attached hydrogen (secondary N) is 1. The number of carbonyl (C=O) groups is 1. The molecule has 6 nitrogen and oxygen atoms in total. The topological polar surface area (TPSA) is 75.7 Å². The molecule has 2 aliphatic rings. The molecule has 0 radical (unpaired) electrons. The molecule has 1 amide bonds. The average molecular weight is 352 g/mol. The van der Waals surface area contributed by atoms with Crippen LogP contribution in [0.5, 0.6) is 0 Å². The van der Waals surface area contributed by atoms with Gasteiger partial charge in [0.05, 0.1) is 18.1 Å². The van der Waals surface area contributed by atoms with Crippen LogP contribution >= 0.6 is 0 Å². The van der Waals surface area contributed by atoms with E-state index >= 15 is 0 Å². The number of benzene rings is 1. The van der Waals surface area contributed by atoms with Crippen LogP contribution in [0.15, 0.2) is 29.2 Å². The molecule has 3 rings (SSSR count). The van der Waals surface area contributed by atoms with Crippen LogP contribution in [0.2, 0.25) is 0 Å². The maximum Gasteiger partial charge on any atom is 0.243 e. The van der Waals surface area contributed by atoms with E-state index in [9.17, 15) is 13.2 Å². The van der Waals surface area contributed by atoms with Crippen molar-refractivity contribution < 1.29 is 17.9 Å². The third-order valence-electron chi connectivity index (χ3n) is 4.72. The molecule has 1 N–H and O–H groups in total. The standard InChI is InChI=1S/C17H24N2O4S/c20-17(15-3-1-2-4-15)18-13-14-5-7-16(8-6-14)24(21,22)19-9-11-23-12-10-19/h5-8,15H,1-4,9-13H2,(H,18,20). The van der Waals surface area contributed by atoms with Crippen LogP contribution < -0.4 is 5.32 Å². The molecule has 0 atom stereocenters. The second-order valence-electron chi connectivity index (χ2n) is 6.36. The highest BCUT2D eigenvalue weighted by Gasteiger charge is 2.26. The molecule has 0 unspecified atom stereocenters. The van der Waals surface area contributed by atoms with Gasteiger partial charge in [-0.2, -0.15) is 4.31 Å². The molecule has 1 aromatic rings. The molecule has 1 heterocycles. The van der Waals surface area contributed by atoms with Crippen LogP contribution in [0.4, 0.5) is 0 Å². The van der Waals surface area contributed by atoms with Crippen molar-refractivity contribution in [2.45, 2.75) is 37.1 Å². The molecular formula is C17H24N2O4S. The largest absolute Gasteiger partial charge is 0.379 e. The fourth-order valence-corrected chi connectivity index (χ4v) is 4.64. The number of amides is 1. The van der Waals surface area contributed by atoms with Gasteiger partial charge in [-0.25, -0.2) is 8.42 Å². The third-order valence-corrected chi connectivity index (χ3v) is 6.64. The molecule has 0 spiro atoms. The maximum absolute atomic E-state index is 12.5. The van der Waals surface area contributed by atoms with Crippen molar-refractivity contribution in [3.63, 3.8) is 0 Å². The highest BCUT2D eigenvalue weighted by Crippen LogP contribution is 2.24. The van der Waals surface area contributed by atoms with E-state index in [1.165, 1.54) is 4.31 Å². The summed E-state index contributed by atoms with van der Waals surface area (Å²) < 4.78 is 31.7. The first-order chi connectivity index (χ1) is 11.6. The smallest absolute Gasteiger partial charge is 0.243 e. The predicted molar refractivity (Wildman–Crippen MR) is 89.8 cm³/mol. The molecular weight excluding hydrogens is 328 g/mol. The van der Waals surface area contributed by atoms with Crippen LogP contribution in [0.1, 0.15) is 31.2 Å². The molecule has 1 saturated heterocycles. The van der Waals surface area contributed by atoms with Crippen molar-refractivity contribution in [3.05, 3.63) is 29.8 Å². The predicted octanol–water partition coefficient (Wildman–Crippen LogP) is 1.51. The quantitative estimate of drug-likeness (QED) is 0.872. The number of sulfonamides is 1. The molecule has 0 bridgehead atoms. The van der Waals surface area contributed by atoms with Crippen LogP contribution in [0.25, 0.3) is 0 Å². The lowest BCUT2D eigenvalue weighted by Gasteiger charge is -2.26. The Bertz CT molecular complexity index is 660. The minimum absolute atomic E-state index is 0.109. The summed E-state index contributed by atoms with van der Waals surface area (Å²) >= 11 is 0. The van der Waals surface area contributed by atoms with Crippen LogP contribution in [0.3, 0.4) is 0 Å². The van der Waals surface area contributed by atoms with Gasteiger partial charge < -0.3 is 10.1 Å². The van der Waals surface area contributed by atoms with Crippen molar-refractivity contribution in [3.8, 4) is 0 Å². The van der Waals surface area contributed by atoms with E-state index in [1.54, 1.807) is 24.3 Å². The number of hydrogen-bond donors (Lipinski definition) is 1. The minimum atomic E-state index is -3.46. The van der Waals surface area contributed by atoms with E-state index in [4.69, 9.17) is 4.74 Å². The van der Waals surface area contributed by atoms with Gasteiger partial charge in [-0.15, -0.1) is 0 Å². The van der Waals surface area contributed by atoms with E-state index < -0.39 is 10.0 Å². The summed E-state index contributed by atoms with van der Waals surface area (Å²) in [5.74, 6) is 0.253. The summed E-state index contributed by atoms with van der Waals surface area (Å²) in [4.78, 5) is 12.3. The number of carbonyl (C=O) groups excluding carboxylic acids is 1. The van der Waals surface area contributed by atoms with Crippen LogP contribution in [0, 0.1) is 5.92 Å². The molecule has 1 aliphatic carbocycles. The maximum atomic E-state index is 12.5. The van der Waals surface area contributed by atoms with Crippen molar-refractivity contribution in [1.29, 1.82) is 0 Å². The van der Waals surface area contributed by atoms with Crippen molar-refractivity contribution in [2.24, 2.45) is 5.92 Å². The van der Waals surface area contributed by atoms with Crippen molar-refractivity contribution in [1.82, 2.24) is 9.62 Å². The Morgan fingerprint density at radius 2 is 1.75 bits per heavy atom. The Kier molecular flexibility index (Phi) is 5.53. The van der Waals surface area contributed by atoms with Gasteiger partial charge in [0.1, 0.15) is 0 Å².